The number of amides is 3. The minimum Gasteiger partial charge on any atom is -0.452 e. The molecule has 1 atom stereocenters. The van der Waals surface area contributed by atoms with Crippen LogP contribution in [0.25, 0.3) is 0 Å². The molecule has 30 heavy (non-hydrogen) atoms. The highest BCUT2D eigenvalue weighted by molar-refractivity contribution is 6.15. The predicted molar refractivity (Wildman–Crippen MR) is 109 cm³/mol. The molecular formula is C22H27N3O5. The predicted octanol–water partition coefficient (Wildman–Crippen LogP) is 1.93. The Morgan fingerprint density at radius 1 is 1.17 bits per heavy atom. The lowest BCUT2D eigenvalue weighted by Gasteiger charge is -2.46. The van der Waals surface area contributed by atoms with Crippen LogP contribution < -0.4 is 4.90 Å². The molecule has 1 saturated heterocycles. The van der Waals surface area contributed by atoms with Gasteiger partial charge in [0, 0.05) is 33.0 Å². The van der Waals surface area contributed by atoms with Gasteiger partial charge in [0.25, 0.3) is 11.8 Å². The second-order valence-electron chi connectivity index (χ2n) is 8.30. The van der Waals surface area contributed by atoms with Crippen LogP contribution in [-0.2, 0) is 19.1 Å². The zero-order valence-electron chi connectivity index (χ0n) is 17.4. The second-order valence-corrected chi connectivity index (χ2v) is 8.30. The summed E-state index contributed by atoms with van der Waals surface area (Å²) in [5, 5.41) is 0. The first-order valence-electron chi connectivity index (χ1n) is 10.5. The van der Waals surface area contributed by atoms with E-state index in [4.69, 9.17) is 4.74 Å². The number of nitrogens with zero attached hydrogens (tertiary/aromatic N) is 3. The first-order chi connectivity index (χ1) is 14.4. The van der Waals surface area contributed by atoms with Gasteiger partial charge < -0.3 is 14.5 Å². The van der Waals surface area contributed by atoms with E-state index in [0.29, 0.717) is 11.3 Å². The van der Waals surface area contributed by atoms with Gasteiger partial charge in [-0.05, 0) is 25.0 Å². The van der Waals surface area contributed by atoms with Crippen LogP contribution in [0, 0.1) is 0 Å². The number of benzene rings is 1. The Hall–Kier alpha value is -2.90. The highest BCUT2D eigenvalue weighted by Gasteiger charge is 2.60. The fourth-order valence-electron chi connectivity index (χ4n) is 4.91. The summed E-state index contributed by atoms with van der Waals surface area (Å²) in [5.41, 5.74) is -0.774. The van der Waals surface area contributed by atoms with Gasteiger partial charge in [-0.15, -0.1) is 0 Å². The molecule has 8 heteroatoms. The van der Waals surface area contributed by atoms with Gasteiger partial charge in [-0.3, -0.25) is 19.3 Å². The van der Waals surface area contributed by atoms with Crippen LogP contribution in [0.15, 0.2) is 24.3 Å². The van der Waals surface area contributed by atoms with E-state index < -0.39 is 18.2 Å². The van der Waals surface area contributed by atoms with Gasteiger partial charge in [-0.1, -0.05) is 31.4 Å². The van der Waals surface area contributed by atoms with Crippen LogP contribution in [-0.4, -0.2) is 65.9 Å². The molecule has 0 unspecified atom stereocenters. The number of para-hydroxylation sites is 1. The summed E-state index contributed by atoms with van der Waals surface area (Å²) >= 11 is 0. The molecule has 0 bridgehead atoms. The third-order valence-electron chi connectivity index (χ3n) is 6.71. The molecule has 8 nitrogen and oxygen atoms in total. The van der Waals surface area contributed by atoms with Gasteiger partial charge in [-0.25, -0.2) is 4.79 Å². The van der Waals surface area contributed by atoms with Crippen molar-refractivity contribution in [1.29, 1.82) is 0 Å². The van der Waals surface area contributed by atoms with Crippen LogP contribution in [0.5, 0.6) is 0 Å². The molecule has 2 fully saturated rings. The Morgan fingerprint density at radius 2 is 1.87 bits per heavy atom. The number of anilines is 1. The number of esters is 1. The summed E-state index contributed by atoms with van der Waals surface area (Å²) < 4.78 is 5.42. The third-order valence-corrected chi connectivity index (χ3v) is 6.71. The van der Waals surface area contributed by atoms with Crippen LogP contribution in [0.1, 0.15) is 55.3 Å². The van der Waals surface area contributed by atoms with E-state index in [2.05, 4.69) is 0 Å². The van der Waals surface area contributed by atoms with Crippen molar-refractivity contribution >= 4 is 29.4 Å². The molecular weight excluding hydrogens is 386 g/mol. The quantitative estimate of drug-likeness (QED) is 0.704. The van der Waals surface area contributed by atoms with Gasteiger partial charge in [-0.2, -0.15) is 0 Å². The summed E-state index contributed by atoms with van der Waals surface area (Å²) in [4.78, 5) is 55.8. The number of hydrogen-bond donors (Lipinski definition) is 0. The maximum absolute atomic E-state index is 13.2. The molecule has 0 spiro atoms. The standard InChI is InChI=1S/C22H27N3O5/c1-23(15-8-4-3-5-9-15)19(27)14-30-21(29)22-13-12-18(26)25(22)17-11-7-6-10-16(17)20(28)24(22)2/h6-7,10-11,15H,3-5,8-9,12-14H2,1-2H3/t22-/m0/s1. The van der Waals surface area contributed by atoms with Crippen LogP contribution in [0.4, 0.5) is 5.69 Å². The Kier molecular flexibility index (Phi) is 5.26. The van der Waals surface area contributed by atoms with E-state index in [-0.39, 0.29) is 36.6 Å². The van der Waals surface area contributed by atoms with Crippen molar-refractivity contribution in [3.8, 4) is 0 Å². The monoisotopic (exact) mass is 413 g/mol. The molecule has 4 rings (SSSR count). The van der Waals surface area contributed by atoms with Gasteiger partial charge in [0.2, 0.25) is 11.6 Å². The molecule has 1 saturated carbocycles. The van der Waals surface area contributed by atoms with Crippen molar-refractivity contribution in [2.24, 2.45) is 0 Å². The smallest absolute Gasteiger partial charge is 0.354 e. The SMILES string of the molecule is CN(C(=O)COC(=O)[C@]12CCC(=O)N1c1ccccc1C(=O)N2C)C1CCCCC1. The van der Waals surface area contributed by atoms with Crippen molar-refractivity contribution < 1.29 is 23.9 Å². The van der Waals surface area contributed by atoms with Crippen molar-refractivity contribution in [2.75, 3.05) is 25.6 Å². The molecule has 3 amide bonds. The molecule has 0 radical (unpaired) electrons. The molecule has 1 aromatic rings. The Bertz CT molecular complexity index is 895. The summed E-state index contributed by atoms with van der Waals surface area (Å²) in [6.07, 6.45) is 5.53. The van der Waals surface area contributed by atoms with Gasteiger partial charge >= 0.3 is 5.97 Å². The van der Waals surface area contributed by atoms with Crippen LogP contribution in [0.3, 0.4) is 0 Å². The minimum absolute atomic E-state index is 0.122. The molecule has 1 aliphatic carbocycles. The van der Waals surface area contributed by atoms with E-state index in [1.165, 1.54) is 23.3 Å². The first-order valence-corrected chi connectivity index (χ1v) is 10.5. The van der Waals surface area contributed by atoms with Gasteiger partial charge in [0.1, 0.15) is 0 Å². The number of carbonyl (C=O) groups is 4. The largest absolute Gasteiger partial charge is 0.452 e. The Labute approximate surface area is 175 Å². The molecule has 2 aliphatic heterocycles. The fourth-order valence-corrected chi connectivity index (χ4v) is 4.91. The lowest BCUT2D eigenvalue weighted by atomic mass is 9.94. The highest BCUT2D eigenvalue weighted by atomic mass is 16.5. The molecule has 0 aromatic heterocycles. The van der Waals surface area contributed by atoms with E-state index in [1.54, 1.807) is 36.2 Å². The average Bonchev–Trinajstić information content (AvgIpc) is 3.14. The third kappa shape index (κ3) is 3.05. The van der Waals surface area contributed by atoms with Crippen molar-refractivity contribution in [2.45, 2.75) is 56.7 Å². The summed E-state index contributed by atoms with van der Waals surface area (Å²) in [5.74, 6) is -1.61. The first kappa shape index (κ1) is 20.4. The van der Waals surface area contributed by atoms with E-state index in [9.17, 15) is 19.2 Å². The number of fused-ring (bicyclic) bond motifs is 3. The van der Waals surface area contributed by atoms with Crippen LogP contribution >= 0.6 is 0 Å². The normalized spacial score (nSPS) is 23.8. The number of hydrogen-bond acceptors (Lipinski definition) is 5. The molecule has 2 heterocycles. The Balaban J connectivity index is 1.54. The highest BCUT2D eigenvalue weighted by Crippen LogP contribution is 2.44. The minimum atomic E-state index is -1.55. The zero-order chi connectivity index (χ0) is 21.5. The van der Waals surface area contributed by atoms with E-state index in [0.717, 1.165) is 25.7 Å². The fraction of sp³-hybridized carbons (Fsp3) is 0.545. The summed E-state index contributed by atoms with van der Waals surface area (Å²) in [7, 11) is 3.24. The molecule has 0 N–H and O–H groups in total. The summed E-state index contributed by atoms with van der Waals surface area (Å²) in [6.45, 7) is -0.403. The maximum atomic E-state index is 13.2. The maximum Gasteiger partial charge on any atom is 0.354 e. The lowest BCUT2D eigenvalue weighted by Crippen LogP contribution is -2.67. The lowest BCUT2D eigenvalue weighted by molar-refractivity contribution is -0.161. The van der Waals surface area contributed by atoms with Gasteiger partial charge in [0.05, 0.1) is 11.3 Å². The number of ether oxygens (including phenoxy) is 1. The van der Waals surface area contributed by atoms with Gasteiger partial charge in [0.15, 0.2) is 6.61 Å². The number of rotatable bonds is 4. The second kappa shape index (κ2) is 7.74. The number of carbonyl (C=O) groups excluding carboxylic acids is 4. The van der Waals surface area contributed by atoms with Crippen LogP contribution in [0.2, 0.25) is 0 Å². The molecule has 3 aliphatic rings. The molecule has 160 valence electrons. The average molecular weight is 413 g/mol. The van der Waals surface area contributed by atoms with Crippen molar-refractivity contribution in [1.82, 2.24) is 9.80 Å². The Morgan fingerprint density at radius 3 is 2.60 bits per heavy atom. The van der Waals surface area contributed by atoms with Crippen molar-refractivity contribution in [3.05, 3.63) is 29.8 Å². The van der Waals surface area contributed by atoms with E-state index >= 15 is 0 Å². The summed E-state index contributed by atoms with van der Waals surface area (Å²) in [6, 6.07) is 6.90. The zero-order valence-corrected chi connectivity index (χ0v) is 17.4. The molecule has 1 aromatic carbocycles. The topological polar surface area (TPSA) is 87.2 Å². The van der Waals surface area contributed by atoms with Crippen molar-refractivity contribution in [3.63, 3.8) is 0 Å². The van der Waals surface area contributed by atoms with E-state index in [1.807, 2.05) is 0 Å². The number of likely N-dealkylation sites (N-methyl/N-ethyl adjacent to an activating group) is 2.